The quantitative estimate of drug-likeness (QED) is 0.299. The summed E-state index contributed by atoms with van der Waals surface area (Å²) in [5, 5.41) is 0. The molecule has 5 heteroatoms. The van der Waals surface area contributed by atoms with Gasteiger partial charge in [0.05, 0.1) is 12.8 Å². The van der Waals surface area contributed by atoms with Crippen molar-refractivity contribution < 1.29 is 4.74 Å². The Kier molecular flexibility index (Phi) is 8.80. The molecule has 0 bridgehead atoms. The maximum Gasteiger partial charge on any atom is 0.159 e. The van der Waals surface area contributed by atoms with E-state index >= 15 is 0 Å². The van der Waals surface area contributed by atoms with E-state index in [2.05, 4.69) is 53.2 Å². The molecule has 186 valence electrons. The van der Waals surface area contributed by atoms with Crippen molar-refractivity contribution in [2.24, 2.45) is 0 Å². The molecule has 3 heterocycles. The Morgan fingerprint density at radius 1 is 0.917 bits per heavy atom. The molecule has 0 saturated carbocycles. The first-order chi connectivity index (χ1) is 17.7. The summed E-state index contributed by atoms with van der Waals surface area (Å²) >= 11 is 0. The number of hydrogen-bond acceptors (Lipinski definition) is 5. The predicted octanol–water partition coefficient (Wildman–Crippen LogP) is 6.93. The molecule has 1 aliphatic heterocycles. The van der Waals surface area contributed by atoms with E-state index in [0.717, 1.165) is 60.9 Å². The van der Waals surface area contributed by atoms with Crippen molar-refractivity contribution in [3.05, 3.63) is 96.1 Å². The normalized spacial score (nSPS) is 14.1. The Labute approximate surface area is 215 Å². The van der Waals surface area contributed by atoms with Gasteiger partial charge >= 0.3 is 0 Å². The van der Waals surface area contributed by atoms with Crippen molar-refractivity contribution in [3.8, 4) is 28.3 Å². The predicted molar refractivity (Wildman–Crippen MR) is 147 cm³/mol. The number of methoxy groups -OCH3 is 1. The van der Waals surface area contributed by atoms with Gasteiger partial charge in [-0.15, -0.1) is 0 Å². The fourth-order valence-electron chi connectivity index (χ4n) is 4.73. The molecule has 36 heavy (non-hydrogen) atoms. The second-order valence-electron chi connectivity index (χ2n) is 9.00. The molecule has 5 rings (SSSR count). The molecule has 1 aliphatic rings. The van der Waals surface area contributed by atoms with Crippen LogP contribution in [0.2, 0.25) is 0 Å². The van der Waals surface area contributed by atoms with E-state index in [4.69, 9.17) is 14.7 Å². The average molecular weight is 481 g/mol. The number of aromatic nitrogens is 3. The van der Waals surface area contributed by atoms with Crippen LogP contribution in [0.25, 0.3) is 22.5 Å². The zero-order chi connectivity index (χ0) is 25.3. The van der Waals surface area contributed by atoms with Crippen LogP contribution in [0.3, 0.4) is 0 Å². The molecule has 0 atom stereocenters. The largest absolute Gasteiger partial charge is 0.497 e. The van der Waals surface area contributed by atoms with Crippen LogP contribution < -0.4 is 4.74 Å². The molecule has 1 fully saturated rings. The lowest BCUT2D eigenvalue weighted by atomic mass is 9.88. The van der Waals surface area contributed by atoms with Crippen LogP contribution in [0.1, 0.15) is 49.4 Å². The fraction of sp³-hybridized carbons (Fsp3) is 0.323. The Balaban J connectivity index is 0.00000148. The second kappa shape index (κ2) is 12.4. The molecule has 0 amide bonds. The van der Waals surface area contributed by atoms with E-state index < -0.39 is 0 Å². The van der Waals surface area contributed by atoms with E-state index in [-0.39, 0.29) is 0 Å². The highest BCUT2D eigenvalue weighted by molar-refractivity contribution is 5.68. The third-order valence-electron chi connectivity index (χ3n) is 6.63. The van der Waals surface area contributed by atoms with Crippen LogP contribution in [-0.2, 0) is 6.54 Å². The van der Waals surface area contributed by atoms with E-state index in [1.165, 1.54) is 16.7 Å². The van der Waals surface area contributed by atoms with Crippen LogP contribution in [-0.4, -0.2) is 40.1 Å². The number of rotatable bonds is 6. The summed E-state index contributed by atoms with van der Waals surface area (Å²) in [5.41, 5.74) is 7.07. The van der Waals surface area contributed by atoms with Gasteiger partial charge in [0.2, 0.25) is 0 Å². The first kappa shape index (κ1) is 25.5. The van der Waals surface area contributed by atoms with E-state index in [1.807, 2.05) is 44.3 Å². The lowest BCUT2D eigenvalue weighted by Crippen LogP contribution is -2.33. The highest BCUT2D eigenvalue weighted by atomic mass is 16.5. The van der Waals surface area contributed by atoms with Gasteiger partial charge in [-0.05, 0) is 68.2 Å². The molecule has 0 aliphatic carbocycles. The zero-order valence-corrected chi connectivity index (χ0v) is 21.8. The maximum atomic E-state index is 5.29. The lowest BCUT2D eigenvalue weighted by Gasteiger charge is -2.32. The Morgan fingerprint density at radius 3 is 2.31 bits per heavy atom. The molecular weight excluding hydrogens is 444 g/mol. The van der Waals surface area contributed by atoms with Gasteiger partial charge in [-0.25, -0.2) is 9.97 Å². The molecule has 2 aromatic heterocycles. The van der Waals surface area contributed by atoms with Crippen molar-refractivity contribution in [1.82, 2.24) is 19.9 Å². The first-order valence-corrected chi connectivity index (χ1v) is 12.9. The van der Waals surface area contributed by atoms with Crippen molar-refractivity contribution >= 4 is 0 Å². The minimum absolute atomic E-state index is 0.409. The Morgan fingerprint density at radius 2 is 1.64 bits per heavy atom. The molecule has 0 N–H and O–H groups in total. The molecule has 0 radical (unpaired) electrons. The minimum atomic E-state index is 0.409. The van der Waals surface area contributed by atoms with Crippen LogP contribution in [0.4, 0.5) is 0 Å². The minimum Gasteiger partial charge on any atom is -0.497 e. The van der Waals surface area contributed by atoms with Crippen molar-refractivity contribution in [2.75, 3.05) is 20.2 Å². The van der Waals surface area contributed by atoms with E-state index in [0.29, 0.717) is 5.92 Å². The van der Waals surface area contributed by atoms with Crippen LogP contribution in [0.5, 0.6) is 5.75 Å². The molecule has 5 nitrogen and oxygen atoms in total. The third kappa shape index (κ3) is 6.16. The molecule has 4 aromatic rings. The first-order valence-electron chi connectivity index (χ1n) is 12.9. The van der Waals surface area contributed by atoms with Gasteiger partial charge < -0.3 is 4.74 Å². The number of pyridine rings is 1. The summed E-state index contributed by atoms with van der Waals surface area (Å²) in [6, 6.07) is 21.0. The van der Waals surface area contributed by atoms with E-state index in [1.54, 1.807) is 19.5 Å². The monoisotopic (exact) mass is 480 g/mol. The molecule has 0 unspecified atom stereocenters. The Hall–Kier alpha value is -3.57. The van der Waals surface area contributed by atoms with Crippen LogP contribution >= 0.6 is 0 Å². The van der Waals surface area contributed by atoms with Crippen molar-refractivity contribution in [1.29, 1.82) is 0 Å². The van der Waals surface area contributed by atoms with E-state index in [9.17, 15) is 0 Å². The van der Waals surface area contributed by atoms with Crippen molar-refractivity contribution in [3.63, 3.8) is 0 Å². The van der Waals surface area contributed by atoms with Gasteiger partial charge in [0.15, 0.2) is 5.82 Å². The standard InChI is InChI=1S/C29H30N4O.C2H6/c1-21-4-3-5-25(18-21)27-19-31-29(24-10-14-30-15-11-24)32-28(27)23-12-16-33(17-13-23)20-22-6-8-26(34-2)9-7-22;1-2/h3-11,14-15,18-19,23H,12-13,16-17,20H2,1-2H3;1-2H3. The summed E-state index contributed by atoms with van der Waals surface area (Å²) in [7, 11) is 1.71. The molecule has 1 saturated heterocycles. The van der Waals surface area contributed by atoms with Crippen molar-refractivity contribution in [2.45, 2.75) is 46.1 Å². The smallest absolute Gasteiger partial charge is 0.159 e. The highest BCUT2D eigenvalue weighted by Crippen LogP contribution is 2.35. The number of nitrogens with zero attached hydrogens (tertiary/aromatic N) is 4. The Bertz CT molecular complexity index is 1230. The summed E-state index contributed by atoms with van der Waals surface area (Å²) in [6.07, 6.45) is 7.77. The number of likely N-dealkylation sites (tertiary alicyclic amines) is 1. The van der Waals surface area contributed by atoms with Gasteiger partial charge in [0.1, 0.15) is 5.75 Å². The summed E-state index contributed by atoms with van der Waals surface area (Å²) < 4.78 is 5.29. The third-order valence-corrected chi connectivity index (χ3v) is 6.63. The molecule has 2 aromatic carbocycles. The van der Waals surface area contributed by atoms with Gasteiger partial charge in [0, 0.05) is 42.2 Å². The average Bonchev–Trinajstić information content (AvgIpc) is 2.95. The molecular formula is C31H36N4O. The van der Waals surface area contributed by atoms with Gasteiger partial charge in [-0.3, -0.25) is 9.88 Å². The molecule has 0 spiro atoms. The maximum absolute atomic E-state index is 5.29. The number of piperidine rings is 1. The van der Waals surface area contributed by atoms with Gasteiger partial charge in [-0.1, -0.05) is 55.8 Å². The summed E-state index contributed by atoms with van der Waals surface area (Å²) in [5.74, 6) is 2.08. The SMILES string of the molecule is CC.COc1ccc(CN2CCC(c3nc(-c4ccncc4)ncc3-c3cccc(C)c3)CC2)cc1. The number of aryl methyl sites for hydroxylation is 1. The van der Waals surface area contributed by atoms with Crippen LogP contribution in [0, 0.1) is 6.92 Å². The topological polar surface area (TPSA) is 51.1 Å². The van der Waals surface area contributed by atoms with Crippen LogP contribution in [0.15, 0.2) is 79.3 Å². The highest BCUT2D eigenvalue weighted by Gasteiger charge is 2.25. The zero-order valence-electron chi connectivity index (χ0n) is 21.8. The van der Waals surface area contributed by atoms with Gasteiger partial charge in [-0.2, -0.15) is 0 Å². The lowest BCUT2D eigenvalue weighted by molar-refractivity contribution is 0.203. The van der Waals surface area contributed by atoms with Gasteiger partial charge in [0.25, 0.3) is 0 Å². The number of hydrogen-bond donors (Lipinski definition) is 0. The number of ether oxygens (including phenoxy) is 1. The number of benzene rings is 2. The second-order valence-corrected chi connectivity index (χ2v) is 9.00. The summed E-state index contributed by atoms with van der Waals surface area (Å²) in [6.45, 7) is 9.21. The summed E-state index contributed by atoms with van der Waals surface area (Å²) in [4.78, 5) is 16.5. The fourth-order valence-corrected chi connectivity index (χ4v) is 4.73.